The molecular formula is C13H24N4OS. The molecule has 0 aliphatic heterocycles. The van der Waals surface area contributed by atoms with Crippen molar-refractivity contribution in [1.82, 2.24) is 9.97 Å². The number of nitrogens with zero attached hydrogens (tertiary/aromatic N) is 2. The summed E-state index contributed by atoms with van der Waals surface area (Å²) in [6.07, 6.45) is 3.67. The molecule has 1 heterocycles. The minimum absolute atomic E-state index is 0.719. The maximum Gasteiger partial charge on any atom is 0.134 e. The van der Waals surface area contributed by atoms with E-state index >= 15 is 0 Å². The molecule has 0 spiro atoms. The Bertz CT molecular complexity index is 437. The minimum atomic E-state index is -0.727. The zero-order valence-electron chi connectivity index (χ0n) is 12.2. The third-order valence-electron chi connectivity index (χ3n) is 2.70. The van der Waals surface area contributed by atoms with Crippen molar-refractivity contribution >= 4 is 22.4 Å². The maximum absolute atomic E-state index is 11.0. The molecule has 1 atom stereocenters. The fourth-order valence-corrected chi connectivity index (χ4v) is 2.25. The van der Waals surface area contributed by atoms with E-state index in [1.54, 1.807) is 6.26 Å². The highest BCUT2D eigenvalue weighted by molar-refractivity contribution is 7.84. The highest BCUT2D eigenvalue weighted by Gasteiger charge is 2.08. The third-order valence-corrected chi connectivity index (χ3v) is 3.56. The van der Waals surface area contributed by atoms with Crippen molar-refractivity contribution < 1.29 is 4.21 Å². The molecule has 0 amide bonds. The van der Waals surface area contributed by atoms with Crippen LogP contribution in [0.25, 0.3) is 0 Å². The normalized spacial score (nSPS) is 12.2. The molecular weight excluding hydrogens is 260 g/mol. The first kappa shape index (κ1) is 15.9. The zero-order valence-corrected chi connectivity index (χ0v) is 13.1. The van der Waals surface area contributed by atoms with E-state index in [4.69, 9.17) is 0 Å². The molecule has 0 saturated carbocycles. The van der Waals surface area contributed by atoms with Gasteiger partial charge in [-0.25, -0.2) is 9.97 Å². The van der Waals surface area contributed by atoms with Crippen LogP contribution in [-0.4, -0.2) is 39.3 Å². The summed E-state index contributed by atoms with van der Waals surface area (Å²) in [6, 6.07) is 0. The van der Waals surface area contributed by atoms with Crippen molar-refractivity contribution in [1.29, 1.82) is 0 Å². The highest BCUT2D eigenvalue weighted by Crippen LogP contribution is 2.19. The standard InChI is InChI=1S/C13H24N4OS/c1-5-7-14-12-10(2)13(17-11(3)16-12)15-8-6-9-19(4)18/h5-9H2,1-4H3,(H2,14,15,16,17). The molecule has 1 rings (SSSR count). The Morgan fingerprint density at radius 2 is 1.68 bits per heavy atom. The molecule has 0 aliphatic carbocycles. The van der Waals surface area contributed by atoms with Crippen molar-refractivity contribution in [3.63, 3.8) is 0 Å². The number of nitrogens with one attached hydrogen (secondary N) is 2. The number of anilines is 2. The lowest BCUT2D eigenvalue weighted by Gasteiger charge is -2.13. The predicted molar refractivity (Wildman–Crippen MR) is 82.3 cm³/mol. The van der Waals surface area contributed by atoms with Crippen molar-refractivity contribution in [2.24, 2.45) is 0 Å². The molecule has 0 aromatic carbocycles. The van der Waals surface area contributed by atoms with Gasteiger partial charge in [0.2, 0.25) is 0 Å². The first-order valence-corrected chi connectivity index (χ1v) is 8.40. The van der Waals surface area contributed by atoms with Gasteiger partial charge in [-0.05, 0) is 26.7 Å². The number of hydrogen-bond acceptors (Lipinski definition) is 5. The van der Waals surface area contributed by atoms with Crippen molar-refractivity contribution in [3.8, 4) is 0 Å². The van der Waals surface area contributed by atoms with Gasteiger partial charge in [-0.15, -0.1) is 0 Å². The van der Waals surface area contributed by atoms with Crippen molar-refractivity contribution in [2.75, 3.05) is 35.7 Å². The largest absolute Gasteiger partial charge is 0.370 e. The van der Waals surface area contributed by atoms with Crippen LogP contribution in [0, 0.1) is 13.8 Å². The molecule has 0 aliphatic rings. The number of aryl methyl sites for hydroxylation is 1. The highest BCUT2D eigenvalue weighted by atomic mass is 32.2. The Labute approximate surface area is 118 Å². The Kier molecular flexibility index (Phi) is 6.77. The molecule has 0 fully saturated rings. The SMILES string of the molecule is CCCNc1nc(C)nc(NCCCS(C)=O)c1C. The lowest BCUT2D eigenvalue weighted by atomic mass is 10.3. The van der Waals surface area contributed by atoms with Crippen LogP contribution in [0.1, 0.15) is 31.2 Å². The summed E-state index contributed by atoms with van der Waals surface area (Å²) >= 11 is 0. The van der Waals surface area contributed by atoms with Crippen LogP contribution in [0.15, 0.2) is 0 Å². The lowest BCUT2D eigenvalue weighted by molar-refractivity contribution is 0.685. The molecule has 5 nitrogen and oxygen atoms in total. The Hall–Kier alpha value is -1.17. The van der Waals surface area contributed by atoms with Gasteiger partial charge in [0, 0.05) is 41.5 Å². The van der Waals surface area contributed by atoms with Crippen LogP contribution in [0.5, 0.6) is 0 Å². The second-order valence-electron chi connectivity index (χ2n) is 4.58. The Balaban J connectivity index is 2.66. The van der Waals surface area contributed by atoms with Crippen LogP contribution >= 0.6 is 0 Å². The summed E-state index contributed by atoms with van der Waals surface area (Å²) in [5, 5.41) is 6.61. The van der Waals surface area contributed by atoms with E-state index in [0.717, 1.165) is 54.7 Å². The maximum atomic E-state index is 11.0. The molecule has 6 heteroatoms. The summed E-state index contributed by atoms with van der Waals surface area (Å²) in [4.78, 5) is 8.84. The Morgan fingerprint density at radius 3 is 2.21 bits per heavy atom. The molecule has 19 heavy (non-hydrogen) atoms. The van der Waals surface area contributed by atoms with Gasteiger partial charge in [0.1, 0.15) is 17.5 Å². The van der Waals surface area contributed by atoms with Crippen LogP contribution in [0.2, 0.25) is 0 Å². The third kappa shape index (κ3) is 5.55. The van der Waals surface area contributed by atoms with Crippen molar-refractivity contribution in [3.05, 3.63) is 11.4 Å². The first-order chi connectivity index (χ1) is 9.04. The number of hydrogen-bond donors (Lipinski definition) is 2. The van der Waals surface area contributed by atoms with Gasteiger partial charge in [0.05, 0.1) is 0 Å². The van der Waals surface area contributed by atoms with Gasteiger partial charge >= 0.3 is 0 Å². The Morgan fingerprint density at radius 1 is 1.11 bits per heavy atom. The fraction of sp³-hybridized carbons (Fsp3) is 0.692. The van der Waals surface area contributed by atoms with E-state index in [1.165, 1.54) is 0 Å². The van der Waals surface area contributed by atoms with E-state index < -0.39 is 10.8 Å². The molecule has 0 saturated heterocycles. The number of rotatable bonds is 8. The van der Waals surface area contributed by atoms with Crippen LogP contribution < -0.4 is 10.6 Å². The first-order valence-electron chi connectivity index (χ1n) is 6.67. The van der Waals surface area contributed by atoms with Crippen LogP contribution in [0.4, 0.5) is 11.6 Å². The molecule has 1 unspecified atom stereocenters. The van der Waals surface area contributed by atoms with E-state index in [2.05, 4.69) is 27.5 Å². The van der Waals surface area contributed by atoms with E-state index in [-0.39, 0.29) is 0 Å². The molecule has 1 aromatic rings. The molecule has 0 radical (unpaired) electrons. The van der Waals surface area contributed by atoms with E-state index in [0.29, 0.717) is 0 Å². The van der Waals surface area contributed by atoms with Crippen molar-refractivity contribution in [2.45, 2.75) is 33.6 Å². The topological polar surface area (TPSA) is 66.9 Å². The molecule has 0 bridgehead atoms. The van der Waals surface area contributed by atoms with Gasteiger partial charge in [-0.2, -0.15) is 0 Å². The van der Waals surface area contributed by atoms with Crippen LogP contribution in [0.3, 0.4) is 0 Å². The average Bonchev–Trinajstić information content (AvgIpc) is 2.36. The average molecular weight is 284 g/mol. The minimum Gasteiger partial charge on any atom is -0.370 e. The van der Waals surface area contributed by atoms with Crippen LogP contribution in [-0.2, 0) is 10.8 Å². The van der Waals surface area contributed by atoms with Gasteiger partial charge < -0.3 is 10.6 Å². The van der Waals surface area contributed by atoms with Gasteiger partial charge in [0.15, 0.2) is 0 Å². The quantitative estimate of drug-likeness (QED) is 0.716. The summed E-state index contributed by atoms with van der Waals surface area (Å²) in [6.45, 7) is 7.72. The summed E-state index contributed by atoms with van der Waals surface area (Å²) in [5.41, 5.74) is 1.04. The van der Waals surface area contributed by atoms with Gasteiger partial charge in [0.25, 0.3) is 0 Å². The summed E-state index contributed by atoms with van der Waals surface area (Å²) in [5.74, 6) is 3.24. The van der Waals surface area contributed by atoms with E-state index in [1.807, 2.05) is 13.8 Å². The molecule has 1 aromatic heterocycles. The predicted octanol–water partition coefficient (Wildman–Crippen LogP) is 2.10. The number of aromatic nitrogens is 2. The fourth-order valence-electron chi connectivity index (χ4n) is 1.70. The van der Waals surface area contributed by atoms with Gasteiger partial charge in [-0.1, -0.05) is 6.92 Å². The monoisotopic (exact) mass is 284 g/mol. The summed E-state index contributed by atoms with van der Waals surface area (Å²) < 4.78 is 11.0. The molecule has 2 N–H and O–H groups in total. The zero-order chi connectivity index (χ0) is 14.3. The molecule has 108 valence electrons. The van der Waals surface area contributed by atoms with E-state index in [9.17, 15) is 4.21 Å². The second kappa shape index (κ2) is 8.09. The lowest BCUT2D eigenvalue weighted by Crippen LogP contribution is -2.12. The summed E-state index contributed by atoms with van der Waals surface area (Å²) in [7, 11) is -0.727. The van der Waals surface area contributed by atoms with Gasteiger partial charge in [-0.3, -0.25) is 4.21 Å². The second-order valence-corrected chi connectivity index (χ2v) is 6.13. The smallest absolute Gasteiger partial charge is 0.134 e.